The zero-order chi connectivity index (χ0) is 18.4. The smallest absolute Gasteiger partial charge is 0.0629 e. The highest BCUT2D eigenvalue weighted by atomic mass is 15.5. The van der Waals surface area contributed by atoms with Crippen LogP contribution in [0.4, 0.5) is 5.69 Å². The van der Waals surface area contributed by atoms with Gasteiger partial charge in [0.1, 0.15) is 0 Å². The first-order valence-corrected chi connectivity index (χ1v) is 9.68. The van der Waals surface area contributed by atoms with Crippen LogP contribution < -0.4 is 5.01 Å². The topological polar surface area (TPSA) is 20.5 Å². The van der Waals surface area contributed by atoms with Gasteiger partial charge in [-0.2, -0.15) is 5.10 Å². The molecule has 0 amide bonds. The summed E-state index contributed by atoms with van der Waals surface area (Å²) in [5.74, 6) is 0. The summed E-state index contributed by atoms with van der Waals surface area (Å²) in [4.78, 5) is 0. The zero-order valence-electron chi connectivity index (χ0n) is 15.8. The maximum atomic E-state index is 4.83. The molecule has 0 saturated heterocycles. The molecule has 1 aromatic heterocycles. The number of aryl methyl sites for hydroxylation is 1. The van der Waals surface area contributed by atoms with Crippen molar-refractivity contribution in [3.8, 4) is 0 Å². The Bertz CT molecular complexity index is 1170. The molecule has 0 saturated carbocycles. The molecular formula is C24H23N3. The van der Waals surface area contributed by atoms with Gasteiger partial charge in [0.15, 0.2) is 0 Å². The highest BCUT2D eigenvalue weighted by Crippen LogP contribution is 2.32. The van der Waals surface area contributed by atoms with Crippen molar-refractivity contribution >= 4 is 33.7 Å². The SMILES string of the molecule is CCn1c2ccccc2c2cc(/C=N\N3c4ccccc4C[C@H]3C)ccc21. The predicted octanol–water partition coefficient (Wildman–Crippen LogP) is 5.60. The number of aromatic nitrogens is 1. The monoisotopic (exact) mass is 353 g/mol. The number of anilines is 1. The summed E-state index contributed by atoms with van der Waals surface area (Å²) in [6, 6.07) is 24.3. The van der Waals surface area contributed by atoms with Gasteiger partial charge in [-0.3, -0.25) is 5.01 Å². The summed E-state index contributed by atoms with van der Waals surface area (Å²) in [5.41, 5.74) is 6.33. The van der Waals surface area contributed by atoms with Crippen LogP contribution in [0.2, 0.25) is 0 Å². The summed E-state index contributed by atoms with van der Waals surface area (Å²) in [6.07, 6.45) is 3.05. The molecule has 3 aromatic carbocycles. The molecule has 0 aliphatic carbocycles. The molecule has 0 fully saturated rings. The number of hydrazone groups is 1. The van der Waals surface area contributed by atoms with E-state index in [1.807, 2.05) is 6.21 Å². The van der Waals surface area contributed by atoms with E-state index in [1.54, 1.807) is 0 Å². The summed E-state index contributed by atoms with van der Waals surface area (Å²) >= 11 is 0. The Morgan fingerprint density at radius 3 is 2.63 bits per heavy atom. The number of nitrogens with zero attached hydrogens (tertiary/aromatic N) is 3. The molecule has 1 aliphatic rings. The number of benzene rings is 3. The molecule has 0 bridgehead atoms. The Morgan fingerprint density at radius 1 is 0.963 bits per heavy atom. The van der Waals surface area contributed by atoms with Crippen LogP contribution in [0.25, 0.3) is 21.8 Å². The van der Waals surface area contributed by atoms with Crippen LogP contribution in [0.1, 0.15) is 25.0 Å². The van der Waals surface area contributed by atoms with E-state index in [2.05, 4.69) is 90.2 Å². The normalized spacial score (nSPS) is 16.7. The molecule has 3 heteroatoms. The molecule has 0 unspecified atom stereocenters. The zero-order valence-corrected chi connectivity index (χ0v) is 15.8. The molecule has 134 valence electrons. The van der Waals surface area contributed by atoms with Gasteiger partial charge < -0.3 is 4.57 Å². The van der Waals surface area contributed by atoms with Crippen LogP contribution in [-0.4, -0.2) is 16.8 Å². The minimum absolute atomic E-state index is 0.393. The molecule has 2 heterocycles. The van der Waals surface area contributed by atoms with Gasteiger partial charge in [0, 0.05) is 28.4 Å². The first kappa shape index (κ1) is 16.1. The van der Waals surface area contributed by atoms with E-state index in [4.69, 9.17) is 5.10 Å². The predicted molar refractivity (Wildman–Crippen MR) is 115 cm³/mol. The molecule has 0 radical (unpaired) electrons. The highest BCUT2D eigenvalue weighted by Gasteiger charge is 2.24. The van der Waals surface area contributed by atoms with Crippen LogP contribution in [-0.2, 0) is 13.0 Å². The second kappa shape index (κ2) is 6.27. The fraction of sp³-hybridized carbons (Fsp3) is 0.208. The summed E-state index contributed by atoms with van der Waals surface area (Å²) in [7, 11) is 0. The lowest BCUT2D eigenvalue weighted by Crippen LogP contribution is -2.23. The lowest BCUT2D eigenvalue weighted by atomic mass is 10.1. The number of hydrogen-bond acceptors (Lipinski definition) is 2. The van der Waals surface area contributed by atoms with Gasteiger partial charge >= 0.3 is 0 Å². The molecule has 3 nitrogen and oxygen atoms in total. The third kappa shape index (κ3) is 2.54. The first-order valence-electron chi connectivity index (χ1n) is 9.68. The molecule has 1 atom stereocenters. The molecule has 0 spiro atoms. The third-order valence-electron chi connectivity index (χ3n) is 5.62. The third-order valence-corrected chi connectivity index (χ3v) is 5.62. The summed E-state index contributed by atoms with van der Waals surface area (Å²) in [6.45, 7) is 5.41. The molecule has 5 rings (SSSR count). The number of fused-ring (bicyclic) bond motifs is 4. The standard InChI is InChI=1S/C24H23N3/c1-3-26-23-11-7-5-9-20(23)21-15-18(12-13-24(21)26)16-25-27-17(2)14-19-8-4-6-10-22(19)27/h4-13,15-17H,3,14H2,1-2H3/b25-16-/t17-/m1/s1. The second-order valence-electron chi connectivity index (χ2n) is 7.31. The first-order chi connectivity index (χ1) is 13.3. The van der Waals surface area contributed by atoms with E-state index in [-0.39, 0.29) is 0 Å². The fourth-order valence-corrected chi connectivity index (χ4v) is 4.35. The van der Waals surface area contributed by atoms with Gasteiger partial charge in [0.25, 0.3) is 0 Å². The van der Waals surface area contributed by atoms with Gasteiger partial charge in [-0.25, -0.2) is 0 Å². The van der Waals surface area contributed by atoms with Gasteiger partial charge in [-0.1, -0.05) is 42.5 Å². The summed E-state index contributed by atoms with van der Waals surface area (Å²) < 4.78 is 2.38. The van der Waals surface area contributed by atoms with Crippen molar-refractivity contribution in [2.75, 3.05) is 5.01 Å². The lowest BCUT2D eigenvalue weighted by molar-refractivity contribution is 0.700. The molecule has 0 N–H and O–H groups in total. The van der Waals surface area contributed by atoms with Crippen LogP contribution >= 0.6 is 0 Å². The maximum absolute atomic E-state index is 4.83. The Labute approximate surface area is 159 Å². The minimum Gasteiger partial charge on any atom is -0.341 e. The Kier molecular flexibility index (Phi) is 3.75. The maximum Gasteiger partial charge on any atom is 0.0629 e. The lowest BCUT2D eigenvalue weighted by Gasteiger charge is -2.18. The van der Waals surface area contributed by atoms with Crippen molar-refractivity contribution < 1.29 is 0 Å². The fourth-order valence-electron chi connectivity index (χ4n) is 4.35. The quantitative estimate of drug-likeness (QED) is 0.439. The van der Waals surface area contributed by atoms with Crippen molar-refractivity contribution in [3.05, 3.63) is 77.9 Å². The number of rotatable bonds is 3. The van der Waals surface area contributed by atoms with E-state index >= 15 is 0 Å². The Hall–Kier alpha value is -3.07. The van der Waals surface area contributed by atoms with Gasteiger partial charge in [-0.15, -0.1) is 0 Å². The molecule has 1 aliphatic heterocycles. The van der Waals surface area contributed by atoms with Gasteiger partial charge in [0.05, 0.1) is 17.9 Å². The molecule has 27 heavy (non-hydrogen) atoms. The van der Waals surface area contributed by atoms with Gasteiger partial charge in [0.2, 0.25) is 0 Å². The van der Waals surface area contributed by atoms with E-state index in [0.29, 0.717) is 6.04 Å². The van der Waals surface area contributed by atoms with Crippen molar-refractivity contribution in [2.45, 2.75) is 32.9 Å². The van der Waals surface area contributed by atoms with Crippen molar-refractivity contribution in [2.24, 2.45) is 5.10 Å². The van der Waals surface area contributed by atoms with E-state index in [0.717, 1.165) is 18.5 Å². The number of para-hydroxylation sites is 2. The average molecular weight is 353 g/mol. The van der Waals surface area contributed by atoms with Crippen LogP contribution in [0.15, 0.2) is 71.8 Å². The Morgan fingerprint density at radius 2 is 1.74 bits per heavy atom. The second-order valence-corrected chi connectivity index (χ2v) is 7.31. The largest absolute Gasteiger partial charge is 0.341 e. The van der Waals surface area contributed by atoms with Crippen LogP contribution in [0, 0.1) is 0 Å². The van der Waals surface area contributed by atoms with E-state index in [1.165, 1.54) is 33.1 Å². The Balaban J connectivity index is 1.57. The van der Waals surface area contributed by atoms with Crippen LogP contribution in [0.5, 0.6) is 0 Å². The van der Waals surface area contributed by atoms with Gasteiger partial charge in [-0.05, 0) is 55.7 Å². The highest BCUT2D eigenvalue weighted by molar-refractivity contribution is 6.09. The average Bonchev–Trinajstić information content (AvgIpc) is 3.19. The van der Waals surface area contributed by atoms with Crippen LogP contribution in [0.3, 0.4) is 0 Å². The van der Waals surface area contributed by atoms with Crippen molar-refractivity contribution in [1.29, 1.82) is 0 Å². The van der Waals surface area contributed by atoms with Crippen molar-refractivity contribution in [3.63, 3.8) is 0 Å². The van der Waals surface area contributed by atoms with E-state index in [9.17, 15) is 0 Å². The van der Waals surface area contributed by atoms with Crippen molar-refractivity contribution in [1.82, 2.24) is 4.57 Å². The minimum atomic E-state index is 0.393. The molecule has 4 aromatic rings. The van der Waals surface area contributed by atoms with E-state index < -0.39 is 0 Å². The summed E-state index contributed by atoms with van der Waals surface area (Å²) in [5, 5.41) is 9.59. The molecular weight excluding hydrogens is 330 g/mol. The number of hydrogen-bond donors (Lipinski definition) is 0.